The maximum absolute atomic E-state index is 12.8. The van der Waals surface area contributed by atoms with Crippen LogP contribution in [0.4, 0.5) is 5.69 Å². The number of fused-ring (bicyclic) bond motifs is 1. The van der Waals surface area contributed by atoms with E-state index >= 15 is 0 Å². The van der Waals surface area contributed by atoms with Gasteiger partial charge in [-0.15, -0.1) is 11.3 Å². The van der Waals surface area contributed by atoms with Crippen LogP contribution in [0.5, 0.6) is 5.75 Å². The van der Waals surface area contributed by atoms with Gasteiger partial charge < -0.3 is 10.1 Å². The van der Waals surface area contributed by atoms with Crippen LogP contribution in [0.3, 0.4) is 0 Å². The molecule has 1 aliphatic heterocycles. The number of nitrogens with zero attached hydrogens (tertiary/aromatic N) is 2. The van der Waals surface area contributed by atoms with Gasteiger partial charge in [0.05, 0.1) is 11.4 Å². The zero-order valence-corrected chi connectivity index (χ0v) is 17.0. The van der Waals surface area contributed by atoms with Crippen LogP contribution in [-0.2, 0) is 9.59 Å². The molecule has 3 aromatic rings. The van der Waals surface area contributed by atoms with Gasteiger partial charge in [-0.1, -0.05) is 37.3 Å². The molecule has 0 saturated carbocycles. The monoisotopic (exact) mass is 407 g/mol. The first-order valence-electron chi connectivity index (χ1n) is 9.44. The van der Waals surface area contributed by atoms with Gasteiger partial charge in [-0.2, -0.15) is 0 Å². The lowest BCUT2D eigenvalue weighted by molar-refractivity contribution is -0.128. The van der Waals surface area contributed by atoms with Gasteiger partial charge in [0.2, 0.25) is 5.91 Å². The summed E-state index contributed by atoms with van der Waals surface area (Å²) in [6.45, 7) is 1.85. The molecule has 1 unspecified atom stereocenters. The molecular weight excluding hydrogens is 386 g/mol. The summed E-state index contributed by atoms with van der Waals surface area (Å²) in [7, 11) is 1.56. The van der Waals surface area contributed by atoms with Gasteiger partial charge in [-0.25, -0.2) is 4.98 Å². The molecule has 1 aliphatic rings. The van der Waals surface area contributed by atoms with Gasteiger partial charge in [-0.3, -0.25) is 14.5 Å². The number of thiazole rings is 1. The van der Waals surface area contributed by atoms with Crippen LogP contribution in [0.25, 0.3) is 21.8 Å². The number of carbonyl (C=O) groups is 2. The molecule has 148 valence electrons. The quantitative estimate of drug-likeness (QED) is 0.700. The molecule has 1 aromatic heterocycles. The Bertz CT molecular complexity index is 1050. The summed E-state index contributed by atoms with van der Waals surface area (Å²) < 4.78 is 5.86. The minimum atomic E-state index is -0.582. The number of carbonyl (C=O) groups excluding carboxylic acids is 2. The van der Waals surface area contributed by atoms with E-state index < -0.39 is 6.10 Å². The average Bonchev–Trinajstić information content (AvgIpc) is 3.26. The van der Waals surface area contributed by atoms with Gasteiger partial charge in [0, 0.05) is 23.6 Å². The second-order valence-corrected chi connectivity index (χ2v) is 7.56. The van der Waals surface area contributed by atoms with Crippen LogP contribution in [-0.4, -0.2) is 36.5 Å². The molecule has 0 fully saturated rings. The molecule has 2 aromatic carbocycles. The Balaban J connectivity index is 1.71. The first-order valence-corrected chi connectivity index (χ1v) is 10.3. The smallest absolute Gasteiger partial charge is 0.268 e. The van der Waals surface area contributed by atoms with Gasteiger partial charge in [0.15, 0.2) is 6.10 Å². The highest BCUT2D eigenvalue weighted by molar-refractivity contribution is 7.13. The summed E-state index contributed by atoms with van der Waals surface area (Å²) in [6.07, 6.45) is -0.0430. The SMILES string of the molecule is CCC1Oc2ccc(-c3csc(-c4ccccc4)n3)cc2N(CC(=O)NC)C1=O. The molecule has 6 nitrogen and oxygen atoms in total. The first kappa shape index (κ1) is 19.1. The van der Waals surface area contributed by atoms with Crippen LogP contribution in [0.1, 0.15) is 13.3 Å². The Morgan fingerprint density at radius 1 is 1.21 bits per heavy atom. The molecule has 0 bridgehead atoms. The normalized spacial score (nSPS) is 15.6. The number of ether oxygens (including phenoxy) is 1. The fourth-order valence-electron chi connectivity index (χ4n) is 3.25. The Morgan fingerprint density at radius 2 is 2.00 bits per heavy atom. The number of benzene rings is 2. The van der Waals surface area contributed by atoms with E-state index in [0.717, 1.165) is 21.8 Å². The van der Waals surface area contributed by atoms with E-state index in [2.05, 4.69) is 5.32 Å². The molecule has 7 heteroatoms. The number of rotatable bonds is 5. The molecule has 0 saturated heterocycles. The fourth-order valence-corrected chi connectivity index (χ4v) is 4.08. The fraction of sp³-hybridized carbons (Fsp3) is 0.227. The largest absolute Gasteiger partial charge is 0.478 e. The van der Waals surface area contributed by atoms with Crippen molar-refractivity contribution in [3.8, 4) is 27.6 Å². The number of nitrogens with one attached hydrogen (secondary N) is 1. The van der Waals surface area contributed by atoms with Crippen LogP contribution < -0.4 is 15.0 Å². The van der Waals surface area contributed by atoms with E-state index in [1.807, 2.05) is 60.8 Å². The van der Waals surface area contributed by atoms with Gasteiger partial charge in [0.1, 0.15) is 17.3 Å². The summed E-state index contributed by atoms with van der Waals surface area (Å²) in [4.78, 5) is 31.1. The van der Waals surface area contributed by atoms with Gasteiger partial charge >= 0.3 is 0 Å². The Morgan fingerprint density at radius 3 is 2.72 bits per heavy atom. The van der Waals surface area contributed by atoms with Crippen molar-refractivity contribution in [2.24, 2.45) is 0 Å². The number of anilines is 1. The molecular formula is C22H21N3O3S. The summed E-state index contributed by atoms with van der Waals surface area (Å²) >= 11 is 1.57. The summed E-state index contributed by atoms with van der Waals surface area (Å²) in [5.74, 6) is 0.165. The van der Waals surface area contributed by atoms with Crippen LogP contribution in [0, 0.1) is 0 Å². The first-order chi connectivity index (χ1) is 14.1. The lowest BCUT2D eigenvalue weighted by Gasteiger charge is -2.33. The lowest BCUT2D eigenvalue weighted by Crippen LogP contribution is -2.49. The standard InChI is InChI=1S/C22H21N3O3S/c1-3-18-22(27)25(12-20(26)23-2)17-11-15(9-10-19(17)28-18)16-13-29-21(24-16)14-7-5-4-6-8-14/h4-11,13,18H,3,12H2,1-2H3,(H,23,26). The summed E-state index contributed by atoms with van der Waals surface area (Å²) in [5.41, 5.74) is 3.35. The van der Waals surface area contributed by atoms with E-state index in [-0.39, 0.29) is 18.4 Å². The molecule has 2 heterocycles. The minimum Gasteiger partial charge on any atom is -0.478 e. The van der Waals surface area contributed by atoms with Gasteiger partial charge in [0.25, 0.3) is 5.91 Å². The maximum atomic E-state index is 12.8. The van der Waals surface area contributed by atoms with Gasteiger partial charge in [-0.05, 0) is 24.6 Å². The van der Waals surface area contributed by atoms with Crippen molar-refractivity contribution in [1.82, 2.24) is 10.3 Å². The van der Waals surface area contributed by atoms with Crippen LogP contribution >= 0.6 is 11.3 Å². The summed E-state index contributed by atoms with van der Waals surface area (Å²) in [6, 6.07) is 15.6. The highest BCUT2D eigenvalue weighted by Crippen LogP contribution is 2.39. The highest BCUT2D eigenvalue weighted by atomic mass is 32.1. The zero-order chi connectivity index (χ0) is 20.4. The van der Waals surface area contributed by atoms with Crippen molar-refractivity contribution in [2.75, 3.05) is 18.5 Å². The molecule has 0 aliphatic carbocycles. The van der Waals surface area contributed by atoms with E-state index in [1.165, 1.54) is 4.90 Å². The van der Waals surface area contributed by atoms with Crippen molar-refractivity contribution in [3.05, 3.63) is 53.9 Å². The number of aromatic nitrogens is 1. The zero-order valence-electron chi connectivity index (χ0n) is 16.2. The number of amides is 2. The van der Waals surface area contributed by atoms with Crippen LogP contribution in [0.15, 0.2) is 53.9 Å². The van der Waals surface area contributed by atoms with Crippen molar-refractivity contribution in [3.63, 3.8) is 0 Å². The Kier molecular flexibility index (Phi) is 5.31. The van der Waals surface area contributed by atoms with Crippen molar-refractivity contribution in [2.45, 2.75) is 19.4 Å². The molecule has 1 atom stereocenters. The minimum absolute atomic E-state index is 0.0437. The third-order valence-corrected chi connectivity index (χ3v) is 5.72. The number of hydrogen-bond donors (Lipinski definition) is 1. The topological polar surface area (TPSA) is 71.5 Å². The predicted octanol–water partition coefficient (Wildman–Crippen LogP) is 3.73. The summed E-state index contributed by atoms with van der Waals surface area (Å²) in [5, 5.41) is 5.50. The second-order valence-electron chi connectivity index (χ2n) is 6.70. The molecule has 4 rings (SSSR count). The number of likely N-dealkylation sites (N-methyl/N-ethyl adjacent to an activating group) is 1. The second kappa shape index (κ2) is 8.05. The van der Waals surface area contributed by atoms with Crippen molar-refractivity contribution >= 4 is 28.8 Å². The van der Waals surface area contributed by atoms with E-state index in [0.29, 0.717) is 17.9 Å². The average molecular weight is 407 g/mol. The Labute approximate surface area is 173 Å². The highest BCUT2D eigenvalue weighted by Gasteiger charge is 2.34. The predicted molar refractivity (Wildman–Crippen MR) is 114 cm³/mol. The Hall–Kier alpha value is -3.19. The molecule has 0 radical (unpaired) electrons. The third-order valence-electron chi connectivity index (χ3n) is 4.83. The van der Waals surface area contributed by atoms with E-state index in [9.17, 15) is 9.59 Å². The third kappa shape index (κ3) is 3.73. The molecule has 29 heavy (non-hydrogen) atoms. The molecule has 1 N–H and O–H groups in total. The van der Waals surface area contributed by atoms with E-state index in [4.69, 9.17) is 9.72 Å². The van der Waals surface area contributed by atoms with E-state index in [1.54, 1.807) is 18.4 Å². The van der Waals surface area contributed by atoms with Crippen molar-refractivity contribution in [1.29, 1.82) is 0 Å². The lowest BCUT2D eigenvalue weighted by atomic mass is 10.1. The molecule has 0 spiro atoms. The molecule has 2 amide bonds. The number of hydrogen-bond acceptors (Lipinski definition) is 5. The van der Waals surface area contributed by atoms with Crippen molar-refractivity contribution < 1.29 is 14.3 Å². The van der Waals surface area contributed by atoms with Crippen LogP contribution in [0.2, 0.25) is 0 Å². The maximum Gasteiger partial charge on any atom is 0.268 e.